The predicted octanol–water partition coefficient (Wildman–Crippen LogP) is 1.60. The van der Waals surface area contributed by atoms with Crippen LogP contribution in [0.1, 0.15) is 19.4 Å². The molecule has 114 valence electrons. The number of hydrogen-bond donors (Lipinski definition) is 1. The van der Waals surface area contributed by atoms with Crippen LogP contribution >= 0.6 is 0 Å². The third-order valence-electron chi connectivity index (χ3n) is 3.31. The summed E-state index contributed by atoms with van der Waals surface area (Å²) in [4.78, 5) is 0. The SMILES string of the molecule is CC(C)N(Cc1ccccc1N)S(=O)(=O)c1ccnn1C. The van der Waals surface area contributed by atoms with Crippen LogP contribution in [0.15, 0.2) is 41.6 Å². The molecule has 0 aliphatic rings. The number of nitrogen functional groups attached to an aromatic ring is 1. The molecule has 1 aromatic carbocycles. The molecular formula is C14H20N4O2S. The van der Waals surface area contributed by atoms with E-state index in [2.05, 4.69) is 5.10 Å². The first kappa shape index (κ1) is 15.5. The van der Waals surface area contributed by atoms with Gasteiger partial charge < -0.3 is 5.73 Å². The highest BCUT2D eigenvalue weighted by Gasteiger charge is 2.29. The molecule has 2 rings (SSSR count). The van der Waals surface area contributed by atoms with Gasteiger partial charge in [0.05, 0.1) is 6.20 Å². The Bertz CT molecular complexity index is 722. The fraction of sp³-hybridized carbons (Fsp3) is 0.357. The summed E-state index contributed by atoms with van der Waals surface area (Å²) in [5.41, 5.74) is 7.30. The Labute approximate surface area is 125 Å². The van der Waals surface area contributed by atoms with Crippen molar-refractivity contribution in [1.82, 2.24) is 14.1 Å². The Balaban J connectivity index is 2.41. The molecule has 0 aliphatic heterocycles. The first-order valence-electron chi connectivity index (χ1n) is 6.67. The lowest BCUT2D eigenvalue weighted by Gasteiger charge is -2.26. The minimum absolute atomic E-state index is 0.172. The van der Waals surface area contributed by atoms with Crippen molar-refractivity contribution < 1.29 is 8.42 Å². The summed E-state index contributed by atoms with van der Waals surface area (Å²) in [6.07, 6.45) is 1.47. The number of benzene rings is 1. The van der Waals surface area contributed by atoms with E-state index in [1.807, 2.05) is 32.0 Å². The second-order valence-corrected chi connectivity index (χ2v) is 6.97. The number of sulfonamides is 1. The second kappa shape index (κ2) is 5.87. The third kappa shape index (κ3) is 3.08. The lowest BCUT2D eigenvalue weighted by atomic mass is 10.2. The van der Waals surface area contributed by atoms with Gasteiger partial charge in [0.1, 0.15) is 0 Å². The zero-order valence-electron chi connectivity index (χ0n) is 12.4. The zero-order chi connectivity index (χ0) is 15.6. The smallest absolute Gasteiger partial charge is 0.260 e. The molecule has 0 fully saturated rings. The van der Waals surface area contributed by atoms with Crippen molar-refractivity contribution in [1.29, 1.82) is 0 Å². The summed E-state index contributed by atoms with van der Waals surface area (Å²) in [7, 11) is -2.01. The molecule has 1 aromatic heterocycles. The summed E-state index contributed by atoms with van der Waals surface area (Å²) < 4.78 is 28.4. The van der Waals surface area contributed by atoms with Gasteiger partial charge in [-0.1, -0.05) is 18.2 Å². The summed E-state index contributed by atoms with van der Waals surface area (Å²) in [6, 6.07) is 8.59. The fourth-order valence-corrected chi connectivity index (χ4v) is 3.84. The van der Waals surface area contributed by atoms with Crippen molar-refractivity contribution in [2.75, 3.05) is 5.73 Å². The van der Waals surface area contributed by atoms with Gasteiger partial charge in [-0.3, -0.25) is 4.68 Å². The zero-order valence-corrected chi connectivity index (χ0v) is 13.2. The van der Waals surface area contributed by atoms with Crippen molar-refractivity contribution in [3.8, 4) is 0 Å². The monoisotopic (exact) mass is 308 g/mol. The molecule has 0 saturated heterocycles. The largest absolute Gasteiger partial charge is 0.398 e. The van der Waals surface area contributed by atoms with E-state index in [-0.39, 0.29) is 17.6 Å². The number of anilines is 1. The fourth-order valence-electron chi connectivity index (χ4n) is 2.13. The second-order valence-electron chi connectivity index (χ2n) is 5.14. The van der Waals surface area contributed by atoms with Gasteiger partial charge in [-0.05, 0) is 31.5 Å². The maximum Gasteiger partial charge on any atom is 0.260 e. The third-order valence-corrected chi connectivity index (χ3v) is 5.40. The van der Waals surface area contributed by atoms with Gasteiger partial charge in [-0.15, -0.1) is 0 Å². The van der Waals surface area contributed by atoms with Crippen molar-refractivity contribution in [2.45, 2.75) is 31.5 Å². The van der Waals surface area contributed by atoms with Crippen LogP contribution in [0.25, 0.3) is 0 Å². The van der Waals surface area contributed by atoms with Crippen LogP contribution in [-0.2, 0) is 23.6 Å². The number of hydrogen-bond acceptors (Lipinski definition) is 4. The normalized spacial score (nSPS) is 12.2. The van der Waals surface area contributed by atoms with Gasteiger partial charge in [0.2, 0.25) is 0 Å². The molecule has 21 heavy (non-hydrogen) atoms. The van der Waals surface area contributed by atoms with E-state index in [1.54, 1.807) is 13.1 Å². The summed E-state index contributed by atoms with van der Waals surface area (Å²) in [5.74, 6) is 0. The Morgan fingerprint density at radius 1 is 1.29 bits per heavy atom. The Hall–Kier alpha value is -1.86. The first-order valence-corrected chi connectivity index (χ1v) is 8.11. The molecule has 6 nitrogen and oxygen atoms in total. The van der Waals surface area contributed by atoms with E-state index in [1.165, 1.54) is 21.3 Å². The van der Waals surface area contributed by atoms with E-state index in [0.29, 0.717) is 5.69 Å². The van der Waals surface area contributed by atoms with Crippen LogP contribution in [0, 0.1) is 0 Å². The lowest BCUT2D eigenvalue weighted by molar-refractivity contribution is 0.345. The summed E-state index contributed by atoms with van der Waals surface area (Å²) >= 11 is 0. The van der Waals surface area contributed by atoms with Crippen LogP contribution in [-0.4, -0.2) is 28.5 Å². The molecule has 0 atom stereocenters. The van der Waals surface area contributed by atoms with Gasteiger partial charge >= 0.3 is 0 Å². The van der Waals surface area contributed by atoms with Gasteiger partial charge in [0.25, 0.3) is 10.0 Å². The average Bonchev–Trinajstić information content (AvgIpc) is 2.84. The number of para-hydroxylation sites is 1. The van der Waals surface area contributed by atoms with Gasteiger partial charge in [0.15, 0.2) is 5.03 Å². The highest BCUT2D eigenvalue weighted by atomic mass is 32.2. The van der Waals surface area contributed by atoms with E-state index in [0.717, 1.165) is 5.56 Å². The molecule has 0 amide bonds. The standard InChI is InChI=1S/C14H20N4O2S/c1-11(2)18(10-12-6-4-5-7-13(12)15)21(19,20)14-8-9-16-17(14)3/h4-9,11H,10,15H2,1-3H3. The molecule has 1 heterocycles. The predicted molar refractivity (Wildman–Crippen MR) is 81.9 cm³/mol. The maximum absolute atomic E-state index is 12.8. The van der Waals surface area contributed by atoms with Crippen molar-refractivity contribution in [3.63, 3.8) is 0 Å². The highest BCUT2D eigenvalue weighted by Crippen LogP contribution is 2.22. The first-order chi connectivity index (χ1) is 9.84. The van der Waals surface area contributed by atoms with Gasteiger partial charge in [-0.25, -0.2) is 8.42 Å². The van der Waals surface area contributed by atoms with Crippen molar-refractivity contribution >= 4 is 15.7 Å². The lowest BCUT2D eigenvalue weighted by Crippen LogP contribution is -2.37. The van der Waals surface area contributed by atoms with Crippen molar-refractivity contribution in [3.05, 3.63) is 42.1 Å². The topological polar surface area (TPSA) is 81.2 Å². The van der Waals surface area contributed by atoms with Gasteiger partial charge in [-0.2, -0.15) is 9.40 Å². The molecule has 0 aliphatic carbocycles. The van der Waals surface area contributed by atoms with Crippen LogP contribution in [0.2, 0.25) is 0 Å². The Morgan fingerprint density at radius 3 is 2.48 bits per heavy atom. The Morgan fingerprint density at radius 2 is 1.95 bits per heavy atom. The molecule has 2 aromatic rings. The quantitative estimate of drug-likeness (QED) is 0.851. The average molecular weight is 308 g/mol. The number of aromatic nitrogens is 2. The van der Waals surface area contributed by atoms with Crippen LogP contribution in [0.4, 0.5) is 5.69 Å². The number of rotatable bonds is 5. The van der Waals surface area contributed by atoms with Crippen LogP contribution in [0.3, 0.4) is 0 Å². The summed E-state index contributed by atoms with van der Waals surface area (Å²) in [6.45, 7) is 3.91. The number of nitrogens with two attached hydrogens (primary N) is 1. The molecule has 0 spiro atoms. The molecule has 2 N–H and O–H groups in total. The van der Waals surface area contributed by atoms with E-state index in [4.69, 9.17) is 5.73 Å². The van der Waals surface area contributed by atoms with E-state index < -0.39 is 10.0 Å². The van der Waals surface area contributed by atoms with Gasteiger partial charge in [0, 0.05) is 25.3 Å². The Kier molecular flexibility index (Phi) is 4.34. The summed E-state index contributed by atoms with van der Waals surface area (Å²) in [5, 5.41) is 4.11. The van der Waals surface area contributed by atoms with Crippen LogP contribution in [0.5, 0.6) is 0 Å². The molecule has 0 radical (unpaired) electrons. The van der Waals surface area contributed by atoms with Crippen molar-refractivity contribution in [2.24, 2.45) is 7.05 Å². The molecule has 0 unspecified atom stereocenters. The van der Waals surface area contributed by atoms with E-state index >= 15 is 0 Å². The van der Waals surface area contributed by atoms with Crippen LogP contribution < -0.4 is 5.73 Å². The number of nitrogens with zero attached hydrogens (tertiary/aromatic N) is 3. The molecule has 7 heteroatoms. The minimum Gasteiger partial charge on any atom is -0.398 e. The highest BCUT2D eigenvalue weighted by molar-refractivity contribution is 7.89. The molecule has 0 saturated carbocycles. The van der Waals surface area contributed by atoms with E-state index in [9.17, 15) is 8.42 Å². The molecule has 0 bridgehead atoms. The maximum atomic E-state index is 12.8. The number of aryl methyl sites for hydroxylation is 1. The molecular weight excluding hydrogens is 288 g/mol. The minimum atomic E-state index is -3.62.